The van der Waals surface area contributed by atoms with Crippen LogP contribution in [-0.2, 0) is 4.79 Å². The molecular weight excluding hydrogens is 260 g/mol. The molecule has 1 amide bonds. The molecule has 0 radical (unpaired) electrons. The molecule has 20 heavy (non-hydrogen) atoms. The van der Waals surface area contributed by atoms with E-state index in [4.69, 9.17) is 5.11 Å². The van der Waals surface area contributed by atoms with Gasteiger partial charge in [-0.05, 0) is 12.5 Å². The average Bonchev–Trinajstić information content (AvgIpc) is 2.43. The van der Waals surface area contributed by atoms with E-state index in [-0.39, 0.29) is 12.0 Å². The number of hydrogen-bond donors (Lipinski definition) is 3. The van der Waals surface area contributed by atoms with Crippen LogP contribution in [0.3, 0.4) is 0 Å². The summed E-state index contributed by atoms with van der Waals surface area (Å²) in [5.74, 6) is -1.67. The molecule has 0 spiro atoms. The van der Waals surface area contributed by atoms with Crippen LogP contribution in [0.1, 0.15) is 23.7 Å². The first kappa shape index (κ1) is 13.8. The average molecular weight is 274 g/mol. The number of carboxylic acid groups (broad SMARTS) is 1. The molecule has 0 saturated carbocycles. The molecule has 1 aromatic carbocycles. The van der Waals surface area contributed by atoms with Crippen LogP contribution in [0.15, 0.2) is 35.1 Å². The number of aromatic nitrogens is 1. The van der Waals surface area contributed by atoms with Crippen molar-refractivity contribution in [1.29, 1.82) is 0 Å². The molecular formula is C14H14N2O4. The van der Waals surface area contributed by atoms with Crippen molar-refractivity contribution in [3.05, 3.63) is 46.2 Å². The number of aromatic amines is 1. The monoisotopic (exact) mass is 274 g/mol. The maximum absolute atomic E-state index is 12.2. The van der Waals surface area contributed by atoms with Gasteiger partial charge in [0.25, 0.3) is 5.91 Å². The zero-order valence-electron chi connectivity index (χ0n) is 10.8. The molecule has 0 saturated heterocycles. The second-order valence-corrected chi connectivity index (χ2v) is 4.37. The van der Waals surface area contributed by atoms with Crippen LogP contribution in [0.2, 0.25) is 0 Å². The van der Waals surface area contributed by atoms with E-state index in [9.17, 15) is 14.4 Å². The minimum atomic E-state index is -1.10. The second-order valence-electron chi connectivity index (χ2n) is 4.37. The highest BCUT2D eigenvalue weighted by Crippen LogP contribution is 2.14. The van der Waals surface area contributed by atoms with Gasteiger partial charge in [-0.2, -0.15) is 0 Å². The summed E-state index contributed by atoms with van der Waals surface area (Å²) in [6.45, 7) is 1.66. The third-order valence-electron chi connectivity index (χ3n) is 3.01. The van der Waals surface area contributed by atoms with E-state index in [1.165, 1.54) is 6.07 Å². The van der Waals surface area contributed by atoms with Gasteiger partial charge in [-0.3, -0.25) is 9.59 Å². The number of carboxylic acids is 1. The molecule has 0 bridgehead atoms. The number of para-hydroxylation sites is 1. The van der Waals surface area contributed by atoms with E-state index in [0.717, 1.165) is 0 Å². The Hall–Kier alpha value is -2.63. The number of amides is 1. The highest BCUT2D eigenvalue weighted by atomic mass is 16.4. The number of carbonyl (C=O) groups is 2. The smallest absolute Gasteiger partial charge is 0.326 e. The standard InChI is InChI=1S/C14H14N2O4/c1-2-10(14(19)20)16-13(18)9-7-12(17)15-11-6-4-3-5-8(9)11/h3-7,10H,2H2,1H3,(H,15,17)(H,16,18)(H,19,20)/t10-/m0/s1. The summed E-state index contributed by atoms with van der Waals surface area (Å²) < 4.78 is 0. The minimum absolute atomic E-state index is 0.170. The number of hydrogen-bond acceptors (Lipinski definition) is 3. The van der Waals surface area contributed by atoms with E-state index < -0.39 is 23.5 Å². The molecule has 0 unspecified atom stereocenters. The molecule has 6 nitrogen and oxygen atoms in total. The Kier molecular flexibility index (Phi) is 3.84. The molecule has 2 rings (SSSR count). The predicted octanol–water partition coefficient (Wildman–Crippen LogP) is 1.12. The van der Waals surface area contributed by atoms with Crippen LogP contribution in [0.5, 0.6) is 0 Å². The largest absolute Gasteiger partial charge is 0.480 e. The van der Waals surface area contributed by atoms with Crippen molar-refractivity contribution in [2.75, 3.05) is 0 Å². The van der Waals surface area contributed by atoms with Gasteiger partial charge in [0.05, 0.1) is 5.56 Å². The molecule has 1 aromatic heterocycles. The Morgan fingerprint density at radius 3 is 2.70 bits per heavy atom. The van der Waals surface area contributed by atoms with Gasteiger partial charge < -0.3 is 15.4 Å². The molecule has 1 heterocycles. The topological polar surface area (TPSA) is 99.3 Å². The van der Waals surface area contributed by atoms with Crippen molar-refractivity contribution in [3.63, 3.8) is 0 Å². The van der Waals surface area contributed by atoms with E-state index in [2.05, 4.69) is 10.3 Å². The SMILES string of the molecule is CC[C@H](NC(=O)c1cc(=O)[nH]c2ccccc12)C(=O)O. The second kappa shape index (κ2) is 5.56. The van der Waals surface area contributed by atoms with E-state index in [1.54, 1.807) is 31.2 Å². The lowest BCUT2D eigenvalue weighted by Gasteiger charge is -2.13. The third-order valence-corrected chi connectivity index (χ3v) is 3.01. The van der Waals surface area contributed by atoms with Gasteiger partial charge in [-0.15, -0.1) is 0 Å². The predicted molar refractivity (Wildman–Crippen MR) is 73.7 cm³/mol. The Morgan fingerprint density at radius 2 is 2.05 bits per heavy atom. The number of aliphatic carboxylic acids is 1. The minimum Gasteiger partial charge on any atom is -0.480 e. The molecule has 2 aromatic rings. The van der Waals surface area contributed by atoms with Gasteiger partial charge in [0.2, 0.25) is 5.56 Å². The lowest BCUT2D eigenvalue weighted by molar-refractivity contribution is -0.139. The summed E-state index contributed by atoms with van der Waals surface area (Å²) in [5, 5.41) is 11.9. The highest BCUT2D eigenvalue weighted by Gasteiger charge is 2.20. The first-order valence-electron chi connectivity index (χ1n) is 6.18. The summed E-state index contributed by atoms with van der Waals surface area (Å²) in [6.07, 6.45) is 0.266. The van der Waals surface area contributed by atoms with Crippen molar-refractivity contribution in [2.24, 2.45) is 0 Å². The highest BCUT2D eigenvalue weighted by molar-refractivity contribution is 6.06. The van der Waals surface area contributed by atoms with Gasteiger partial charge in [0.1, 0.15) is 6.04 Å². The van der Waals surface area contributed by atoms with Crippen LogP contribution in [0.4, 0.5) is 0 Å². The summed E-state index contributed by atoms with van der Waals surface area (Å²) in [7, 11) is 0. The maximum Gasteiger partial charge on any atom is 0.326 e. The zero-order valence-corrected chi connectivity index (χ0v) is 10.8. The first-order chi connectivity index (χ1) is 9.52. The van der Waals surface area contributed by atoms with Crippen molar-refractivity contribution in [1.82, 2.24) is 10.3 Å². The lowest BCUT2D eigenvalue weighted by Crippen LogP contribution is -2.40. The van der Waals surface area contributed by atoms with E-state index >= 15 is 0 Å². The molecule has 0 fully saturated rings. The van der Waals surface area contributed by atoms with Gasteiger partial charge in [-0.1, -0.05) is 25.1 Å². The Bertz CT molecular complexity index is 720. The fraction of sp³-hybridized carbons (Fsp3) is 0.214. The van der Waals surface area contributed by atoms with Gasteiger partial charge in [0.15, 0.2) is 0 Å². The first-order valence-corrected chi connectivity index (χ1v) is 6.18. The molecule has 0 aliphatic rings. The number of rotatable bonds is 4. The number of fused-ring (bicyclic) bond motifs is 1. The fourth-order valence-electron chi connectivity index (χ4n) is 1.97. The number of H-pyrrole nitrogens is 1. The van der Waals surface area contributed by atoms with E-state index in [0.29, 0.717) is 10.9 Å². The number of benzene rings is 1. The molecule has 3 N–H and O–H groups in total. The maximum atomic E-state index is 12.2. The third kappa shape index (κ3) is 2.69. The van der Waals surface area contributed by atoms with Crippen molar-refractivity contribution < 1.29 is 14.7 Å². The van der Waals surface area contributed by atoms with Crippen LogP contribution in [-0.4, -0.2) is 28.0 Å². The molecule has 0 aliphatic heterocycles. The lowest BCUT2D eigenvalue weighted by atomic mass is 10.1. The Morgan fingerprint density at radius 1 is 1.35 bits per heavy atom. The normalized spacial score (nSPS) is 12.1. The van der Waals surface area contributed by atoms with E-state index in [1.807, 2.05) is 0 Å². The Balaban J connectivity index is 2.44. The van der Waals surface area contributed by atoms with Crippen molar-refractivity contribution in [3.8, 4) is 0 Å². The number of carbonyl (C=O) groups excluding carboxylic acids is 1. The van der Waals surface area contributed by atoms with Crippen molar-refractivity contribution >= 4 is 22.8 Å². The van der Waals surface area contributed by atoms with Gasteiger partial charge in [-0.25, -0.2) is 4.79 Å². The summed E-state index contributed by atoms with van der Waals surface area (Å²) >= 11 is 0. The zero-order chi connectivity index (χ0) is 14.7. The number of pyridine rings is 1. The molecule has 1 atom stereocenters. The van der Waals surface area contributed by atoms with Gasteiger partial charge in [0, 0.05) is 17.0 Å². The summed E-state index contributed by atoms with van der Waals surface area (Å²) in [4.78, 5) is 37.3. The summed E-state index contributed by atoms with van der Waals surface area (Å²) in [5.41, 5.74) is 0.301. The van der Waals surface area contributed by atoms with Crippen LogP contribution >= 0.6 is 0 Å². The van der Waals surface area contributed by atoms with Crippen LogP contribution in [0, 0.1) is 0 Å². The molecule has 0 aliphatic carbocycles. The quantitative estimate of drug-likeness (QED) is 0.778. The number of nitrogens with one attached hydrogen (secondary N) is 2. The van der Waals surface area contributed by atoms with Crippen LogP contribution in [0.25, 0.3) is 10.9 Å². The molecule has 104 valence electrons. The van der Waals surface area contributed by atoms with Crippen LogP contribution < -0.4 is 10.9 Å². The fourth-order valence-corrected chi connectivity index (χ4v) is 1.97. The van der Waals surface area contributed by atoms with Crippen molar-refractivity contribution in [2.45, 2.75) is 19.4 Å². The Labute approximate surface area is 114 Å². The summed E-state index contributed by atoms with van der Waals surface area (Å²) in [6, 6.07) is 7.06. The van der Waals surface area contributed by atoms with Gasteiger partial charge >= 0.3 is 5.97 Å². The molecule has 6 heteroatoms.